The van der Waals surface area contributed by atoms with Crippen LogP contribution in [-0.2, 0) is 0 Å². The number of hydrogen-bond acceptors (Lipinski definition) is 1. The first-order valence-corrected chi connectivity index (χ1v) is 7.00. The number of rotatable bonds is 2. The Kier molecular flexibility index (Phi) is 2.54. The zero-order valence-electron chi connectivity index (χ0n) is 10.2. The Labute approximate surface area is 94.0 Å². The summed E-state index contributed by atoms with van der Waals surface area (Å²) in [5.41, 5.74) is 0. The summed E-state index contributed by atoms with van der Waals surface area (Å²) in [6.07, 6.45) is 9.21. The maximum Gasteiger partial charge on any atom is 0.0126 e. The summed E-state index contributed by atoms with van der Waals surface area (Å²) >= 11 is 0. The second-order valence-corrected chi connectivity index (χ2v) is 6.53. The molecule has 3 saturated carbocycles. The van der Waals surface area contributed by atoms with E-state index in [-0.39, 0.29) is 0 Å². The molecule has 1 N–H and O–H groups in total. The molecule has 0 aromatic carbocycles. The molecule has 3 aliphatic rings. The predicted molar refractivity (Wildman–Crippen MR) is 63.7 cm³/mol. The molecule has 86 valence electrons. The third kappa shape index (κ3) is 1.73. The van der Waals surface area contributed by atoms with Crippen LogP contribution in [0, 0.1) is 23.7 Å². The van der Waals surface area contributed by atoms with Crippen molar-refractivity contribution in [2.75, 3.05) is 0 Å². The maximum atomic E-state index is 3.86. The van der Waals surface area contributed by atoms with Gasteiger partial charge in [0.1, 0.15) is 0 Å². The van der Waals surface area contributed by atoms with Crippen LogP contribution in [0.15, 0.2) is 0 Å². The van der Waals surface area contributed by atoms with Gasteiger partial charge in [0, 0.05) is 12.1 Å². The van der Waals surface area contributed by atoms with Gasteiger partial charge in [-0.15, -0.1) is 0 Å². The van der Waals surface area contributed by atoms with E-state index in [1.165, 1.54) is 12.8 Å². The SMILES string of the molecule is CC(C)NC1C2CCCC3CC1CC3C2. The molecule has 0 spiro atoms. The zero-order valence-corrected chi connectivity index (χ0v) is 10.2. The van der Waals surface area contributed by atoms with E-state index in [2.05, 4.69) is 19.2 Å². The second kappa shape index (κ2) is 3.76. The van der Waals surface area contributed by atoms with Gasteiger partial charge in [-0.3, -0.25) is 0 Å². The highest BCUT2D eigenvalue weighted by Crippen LogP contribution is 2.53. The lowest BCUT2D eigenvalue weighted by atomic mass is 9.75. The van der Waals surface area contributed by atoms with Crippen molar-refractivity contribution < 1.29 is 0 Å². The average molecular weight is 207 g/mol. The quantitative estimate of drug-likeness (QED) is 0.733. The van der Waals surface area contributed by atoms with Crippen LogP contribution in [0.5, 0.6) is 0 Å². The molecule has 1 heteroatoms. The van der Waals surface area contributed by atoms with Crippen molar-refractivity contribution in [2.45, 2.75) is 64.5 Å². The van der Waals surface area contributed by atoms with Gasteiger partial charge in [-0.1, -0.05) is 26.7 Å². The summed E-state index contributed by atoms with van der Waals surface area (Å²) in [5.74, 6) is 4.27. The molecule has 0 aromatic heterocycles. The molecular weight excluding hydrogens is 182 g/mol. The summed E-state index contributed by atoms with van der Waals surface area (Å²) < 4.78 is 0. The van der Waals surface area contributed by atoms with Crippen LogP contribution in [0.2, 0.25) is 0 Å². The minimum Gasteiger partial charge on any atom is -0.311 e. The van der Waals surface area contributed by atoms with Gasteiger partial charge < -0.3 is 5.32 Å². The summed E-state index contributed by atoms with van der Waals surface area (Å²) in [6.45, 7) is 4.61. The predicted octanol–water partition coefficient (Wildman–Crippen LogP) is 3.20. The van der Waals surface area contributed by atoms with Gasteiger partial charge in [0.15, 0.2) is 0 Å². The van der Waals surface area contributed by atoms with E-state index in [0.717, 1.165) is 29.7 Å². The van der Waals surface area contributed by atoms with Gasteiger partial charge in [0.2, 0.25) is 0 Å². The number of fused-ring (bicyclic) bond motifs is 2. The van der Waals surface area contributed by atoms with Crippen molar-refractivity contribution in [3.63, 3.8) is 0 Å². The van der Waals surface area contributed by atoms with Crippen molar-refractivity contribution in [1.29, 1.82) is 0 Å². The van der Waals surface area contributed by atoms with Crippen molar-refractivity contribution in [2.24, 2.45) is 23.7 Å². The zero-order chi connectivity index (χ0) is 10.4. The Balaban J connectivity index is 1.78. The third-order valence-corrected chi connectivity index (χ3v) is 5.17. The highest BCUT2D eigenvalue weighted by molar-refractivity contribution is 5.00. The molecule has 0 heterocycles. The summed E-state index contributed by atoms with van der Waals surface area (Å²) in [7, 11) is 0. The first-order valence-electron chi connectivity index (χ1n) is 7.00. The van der Waals surface area contributed by atoms with E-state index in [9.17, 15) is 0 Å². The molecule has 0 aromatic rings. The number of hydrogen-bond donors (Lipinski definition) is 1. The molecule has 5 unspecified atom stereocenters. The highest BCUT2D eigenvalue weighted by Gasteiger charge is 2.47. The fourth-order valence-electron chi connectivity index (χ4n) is 4.71. The normalized spacial score (nSPS) is 48.6. The maximum absolute atomic E-state index is 3.86. The van der Waals surface area contributed by atoms with Crippen molar-refractivity contribution in [3.8, 4) is 0 Å². The minimum absolute atomic E-state index is 0.674. The molecule has 3 fully saturated rings. The Morgan fingerprint density at radius 3 is 2.33 bits per heavy atom. The highest BCUT2D eigenvalue weighted by atomic mass is 15.0. The monoisotopic (exact) mass is 207 g/mol. The second-order valence-electron chi connectivity index (χ2n) is 6.53. The fourth-order valence-corrected chi connectivity index (χ4v) is 4.71. The van der Waals surface area contributed by atoms with Gasteiger partial charge in [-0.2, -0.15) is 0 Å². The van der Waals surface area contributed by atoms with Crippen molar-refractivity contribution in [3.05, 3.63) is 0 Å². The van der Waals surface area contributed by atoms with Crippen LogP contribution in [0.4, 0.5) is 0 Å². The summed E-state index contributed by atoms with van der Waals surface area (Å²) in [4.78, 5) is 0. The Morgan fingerprint density at radius 1 is 0.867 bits per heavy atom. The lowest BCUT2D eigenvalue weighted by Crippen LogP contribution is -2.47. The molecule has 3 aliphatic carbocycles. The van der Waals surface area contributed by atoms with Crippen LogP contribution >= 0.6 is 0 Å². The van der Waals surface area contributed by atoms with Crippen LogP contribution in [0.1, 0.15) is 52.4 Å². The van der Waals surface area contributed by atoms with Crippen LogP contribution in [-0.4, -0.2) is 12.1 Å². The van der Waals surface area contributed by atoms with E-state index >= 15 is 0 Å². The molecule has 0 amide bonds. The average Bonchev–Trinajstić information content (AvgIpc) is 2.42. The van der Waals surface area contributed by atoms with Gasteiger partial charge in [0.05, 0.1) is 0 Å². The fraction of sp³-hybridized carbons (Fsp3) is 1.00. The van der Waals surface area contributed by atoms with Crippen LogP contribution < -0.4 is 5.32 Å². The van der Waals surface area contributed by atoms with Crippen LogP contribution in [0.25, 0.3) is 0 Å². The summed E-state index contributed by atoms with van der Waals surface area (Å²) in [5, 5.41) is 3.86. The van der Waals surface area contributed by atoms with E-state index in [1.54, 1.807) is 25.7 Å². The minimum atomic E-state index is 0.674. The third-order valence-electron chi connectivity index (χ3n) is 5.17. The lowest BCUT2D eigenvalue weighted by Gasteiger charge is -2.38. The molecule has 5 atom stereocenters. The molecule has 15 heavy (non-hydrogen) atoms. The Hall–Kier alpha value is -0.0400. The molecule has 1 nitrogen and oxygen atoms in total. The summed E-state index contributed by atoms with van der Waals surface area (Å²) in [6, 6.07) is 1.54. The standard InChI is InChI=1S/C14H25N/c1-9(2)15-14-11-5-3-4-10-6-13(14)8-12(10)7-11/h9-15H,3-8H2,1-2H3. The van der Waals surface area contributed by atoms with Gasteiger partial charge in [0.25, 0.3) is 0 Å². The molecule has 3 bridgehead atoms. The van der Waals surface area contributed by atoms with E-state index in [0.29, 0.717) is 6.04 Å². The molecule has 0 aliphatic heterocycles. The lowest BCUT2D eigenvalue weighted by molar-refractivity contribution is 0.170. The Bertz CT molecular complexity index is 235. The molecular formula is C14H25N. The van der Waals surface area contributed by atoms with E-state index in [1.807, 2.05) is 0 Å². The molecule has 0 saturated heterocycles. The van der Waals surface area contributed by atoms with Gasteiger partial charge in [-0.25, -0.2) is 0 Å². The number of nitrogens with one attached hydrogen (secondary N) is 1. The Morgan fingerprint density at radius 2 is 1.53 bits per heavy atom. The van der Waals surface area contributed by atoms with Crippen molar-refractivity contribution in [1.82, 2.24) is 5.32 Å². The largest absolute Gasteiger partial charge is 0.311 e. The van der Waals surface area contributed by atoms with Crippen LogP contribution in [0.3, 0.4) is 0 Å². The van der Waals surface area contributed by atoms with Gasteiger partial charge >= 0.3 is 0 Å². The first kappa shape index (κ1) is 10.1. The first-order chi connectivity index (χ1) is 7.24. The van der Waals surface area contributed by atoms with E-state index in [4.69, 9.17) is 0 Å². The van der Waals surface area contributed by atoms with E-state index < -0.39 is 0 Å². The molecule has 0 radical (unpaired) electrons. The topological polar surface area (TPSA) is 12.0 Å². The smallest absolute Gasteiger partial charge is 0.0126 e. The van der Waals surface area contributed by atoms with Crippen molar-refractivity contribution >= 4 is 0 Å². The van der Waals surface area contributed by atoms with Gasteiger partial charge in [-0.05, 0) is 49.4 Å². The molecule has 3 rings (SSSR count).